The molecule has 6 rings (SSSR count). The molecule has 0 amide bonds. The zero-order chi connectivity index (χ0) is 28.2. The first-order chi connectivity index (χ1) is 18.3. The number of ketones is 1. The van der Waals surface area contributed by atoms with Gasteiger partial charge >= 0.3 is 0 Å². The zero-order valence-corrected chi connectivity index (χ0v) is 24.7. The summed E-state index contributed by atoms with van der Waals surface area (Å²) in [7, 11) is 0. The van der Waals surface area contributed by atoms with Gasteiger partial charge in [-0.1, -0.05) is 52.8 Å². The molecule has 0 N–H and O–H groups in total. The van der Waals surface area contributed by atoms with Gasteiger partial charge < -0.3 is 0 Å². The lowest BCUT2D eigenvalue weighted by Gasteiger charge is -2.71. The van der Waals surface area contributed by atoms with Crippen molar-refractivity contribution in [3.05, 3.63) is 42.5 Å². The Balaban J connectivity index is 1.45. The second kappa shape index (κ2) is 8.27. The Hall–Kier alpha value is -2.48. The number of allylic oxidation sites excluding steroid dienone is 3. The maximum Gasteiger partial charge on any atom is 0.238 e. The summed E-state index contributed by atoms with van der Waals surface area (Å²) in [4.78, 5) is 31.7. The van der Waals surface area contributed by atoms with Gasteiger partial charge in [-0.05, 0) is 104 Å². The van der Waals surface area contributed by atoms with Crippen LogP contribution in [0, 0.1) is 68.0 Å². The maximum absolute atomic E-state index is 14.2. The van der Waals surface area contributed by atoms with Crippen LogP contribution >= 0.6 is 0 Å². The summed E-state index contributed by atoms with van der Waals surface area (Å²) in [5.41, 5.74) is 0.672. The molecular formula is C34H45N3O2. The summed E-state index contributed by atoms with van der Waals surface area (Å²) in [5, 5.41) is 9.95. The third-order valence-corrected chi connectivity index (χ3v) is 13.7. The molecule has 4 fully saturated rings. The molecule has 0 aliphatic heterocycles. The van der Waals surface area contributed by atoms with Crippen LogP contribution in [0.4, 0.5) is 0 Å². The summed E-state index contributed by atoms with van der Waals surface area (Å²) < 4.78 is 1.74. The molecule has 0 radical (unpaired) electrons. The Morgan fingerprint density at radius 1 is 1.03 bits per heavy atom. The van der Waals surface area contributed by atoms with Gasteiger partial charge in [-0.2, -0.15) is 5.26 Å². The number of Topliss-reactive ketones (excluding diaryl/α,β-unsaturated/α-hetero) is 1. The van der Waals surface area contributed by atoms with E-state index < -0.39 is 5.41 Å². The molecule has 1 heterocycles. The Bertz CT molecular complexity index is 1320. The Morgan fingerprint density at radius 2 is 1.77 bits per heavy atom. The smallest absolute Gasteiger partial charge is 0.238 e. The lowest BCUT2D eigenvalue weighted by molar-refractivity contribution is -0.214. The minimum Gasteiger partial charge on any atom is -0.293 e. The predicted molar refractivity (Wildman–Crippen MR) is 151 cm³/mol. The van der Waals surface area contributed by atoms with E-state index in [1.807, 2.05) is 6.20 Å². The van der Waals surface area contributed by atoms with E-state index in [1.165, 1.54) is 5.57 Å². The molecule has 0 spiro atoms. The molecule has 0 bridgehead atoms. The van der Waals surface area contributed by atoms with Crippen LogP contribution in [-0.2, 0) is 4.79 Å². The van der Waals surface area contributed by atoms with Crippen molar-refractivity contribution in [2.45, 2.75) is 92.9 Å². The molecule has 0 aromatic carbocycles. The molecular weight excluding hydrogens is 482 g/mol. The third-order valence-electron chi connectivity index (χ3n) is 13.7. The lowest BCUT2D eigenvalue weighted by Crippen LogP contribution is -2.66. The van der Waals surface area contributed by atoms with Crippen LogP contribution in [0.3, 0.4) is 0 Å². The van der Waals surface area contributed by atoms with E-state index in [1.54, 1.807) is 17.1 Å². The fourth-order valence-corrected chi connectivity index (χ4v) is 11.7. The Labute approximate surface area is 234 Å². The molecule has 1 aromatic rings. The van der Waals surface area contributed by atoms with Gasteiger partial charge in [-0.3, -0.25) is 14.2 Å². The van der Waals surface area contributed by atoms with E-state index in [0.717, 1.165) is 51.4 Å². The van der Waals surface area contributed by atoms with E-state index in [-0.39, 0.29) is 39.3 Å². The van der Waals surface area contributed by atoms with Crippen LogP contribution in [0.15, 0.2) is 42.5 Å². The number of hydrogen-bond donors (Lipinski definition) is 0. The number of rotatable bonds is 2. The van der Waals surface area contributed by atoms with Gasteiger partial charge in [0.15, 0.2) is 5.78 Å². The fraction of sp³-hybridized carbons (Fsp3) is 0.706. The van der Waals surface area contributed by atoms with Gasteiger partial charge in [0.25, 0.3) is 0 Å². The molecule has 5 aliphatic rings. The molecule has 208 valence electrons. The largest absolute Gasteiger partial charge is 0.293 e. The highest BCUT2D eigenvalue weighted by Crippen LogP contribution is 2.77. The van der Waals surface area contributed by atoms with Crippen molar-refractivity contribution >= 4 is 11.7 Å². The van der Waals surface area contributed by atoms with E-state index in [9.17, 15) is 14.9 Å². The van der Waals surface area contributed by atoms with Crippen molar-refractivity contribution in [2.75, 3.05) is 0 Å². The maximum atomic E-state index is 14.2. The molecule has 5 nitrogen and oxygen atoms in total. The summed E-state index contributed by atoms with van der Waals surface area (Å²) in [6, 6.07) is 2.28. The van der Waals surface area contributed by atoms with Gasteiger partial charge in [-0.15, -0.1) is 0 Å². The zero-order valence-electron chi connectivity index (χ0n) is 24.7. The number of nitrogens with zero attached hydrogens (tertiary/aromatic N) is 3. The molecule has 9 unspecified atom stereocenters. The molecule has 0 saturated heterocycles. The van der Waals surface area contributed by atoms with Crippen molar-refractivity contribution in [1.29, 1.82) is 5.26 Å². The minimum absolute atomic E-state index is 0.0201. The Kier molecular flexibility index (Phi) is 5.67. The van der Waals surface area contributed by atoms with Crippen LogP contribution in [0.5, 0.6) is 0 Å². The SMILES string of the molecule is C=C(C)C1CCC2(C(=O)n3ccnc3)CCC3(C)C(CCC4C5(C)C=C(C#N)C(=O)C(C)(C)C5CCC43C)C12. The molecule has 39 heavy (non-hydrogen) atoms. The van der Waals surface area contributed by atoms with E-state index in [4.69, 9.17) is 0 Å². The van der Waals surface area contributed by atoms with Crippen molar-refractivity contribution in [3.8, 4) is 6.07 Å². The van der Waals surface area contributed by atoms with Gasteiger partial charge in [0, 0.05) is 17.8 Å². The summed E-state index contributed by atoms with van der Waals surface area (Å²) in [6.45, 7) is 18.2. The normalized spacial score (nSPS) is 46.1. The minimum atomic E-state index is -0.525. The second-order valence-electron chi connectivity index (χ2n) is 15.2. The van der Waals surface area contributed by atoms with Gasteiger partial charge in [-0.25, -0.2) is 4.98 Å². The van der Waals surface area contributed by atoms with Crippen LogP contribution in [0.25, 0.3) is 0 Å². The topological polar surface area (TPSA) is 75.8 Å². The van der Waals surface area contributed by atoms with Crippen molar-refractivity contribution in [3.63, 3.8) is 0 Å². The summed E-state index contributed by atoms with van der Waals surface area (Å²) >= 11 is 0. The average Bonchev–Trinajstić information content (AvgIpc) is 3.55. The predicted octanol–water partition coefficient (Wildman–Crippen LogP) is 7.42. The molecule has 5 heteroatoms. The van der Waals surface area contributed by atoms with Crippen LogP contribution < -0.4 is 0 Å². The monoisotopic (exact) mass is 527 g/mol. The van der Waals surface area contributed by atoms with Gasteiger partial charge in [0.2, 0.25) is 5.91 Å². The third kappa shape index (κ3) is 3.15. The molecule has 4 saturated carbocycles. The van der Waals surface area contributed by atoms with Crippen molar-refractivity contribution in [1.82, 2.24) is 9.55 Å². The first kappa shape index (κ1) is 26.7. The first-order valence-electron chi connectivity index (χ1n) is 15.1. The summed E-state index contributed by atoms with van der Waals surface area (Å²) in [6.07, 6.45) is 15.5. The van der Waals surface area contributed by atoms with E-state index in [0.29, 0.717) is 29.2 Å². The number of carbonyl (C=O) groups excluding carboxylic acids is 2. The number of aromatic nitrogens is 2. The second-order valence-corrected chi connectivity index (χ2v) is 15.2. The fourth-order valence-electron chi connectivity index (χ4n) is 11.7. The van der Waals surface area contributed by atoms with Crippen LogP contribution in [0.1, 0.15) is 97.7 Å². The summed E-state index contributed by atoms with van der Waals surface area (Å²) in [5.74, 6) is 2.00. The highest BCUT2D eigenvalue weighted by atomic mass is 16.2. The first-order valence-corrected chi connectivity index (χ1v) is 15.1. The quantitative estimate of drug-likeness (QED) is 0.375. The van der Waals surface area contributed by atoms with Crippen molar-refractivity contribution < 1.29 is 9.59 Å². The molecule has 1 aromatic heterocycles. The standard InChI is InChI=1S/C34H45N3O2/c1-21(2)23-10-13-34(29(39)37-17-16-36-20-37)15-14-32(6)24(27(23)34)8-9-26-31(5)18-22(19-35)28(38)30(3,4)25(31)11-12-33(26,32)7/h16-18,20,23-27H,1,8-15H2,2-7H3. The van der Waals surface area contributed by atoms with Crippen LogP contribution in [-0.4, -0.2) is 21.2 Å². The van der Waals surface area contributed by atoms with Crippen LogP contribution in [0.2, 0.25) is 0 Å². The highest BCUT2D eigenvalue weighted by molar-refractivity contribution is 6.04. The lowest BCUT2D eigenvalue weighted by atomic mass is 9.32. The number of fused-ring (bicyclic) bond motifs is 7. The Morgan fingerprint density at radius 3 is 2.41 bits per heavy atom. The number of imidazole rings is 1. The number of hydrogen-bond acceptors (Lipinski definition) is 4. The average molecular weight is 528 g/mol. The van der Waals surface area contributed by atoms with E-state index >= 15 is 0 Å². The van der Waals surface area contributed by atoms with Crippen molar-refractivity contribution in [2.24, 2.45) is 56.7 Å². The number of carbonyl (C=O) groups is 2. The molecule has 9 atom stereocenters. The number of nitriles is 1. The van der Waals surface area contributed by atoms with E-state index in [2.05, 4.69) is 65.3 Å². The molecule has 5 aliphatic carbocycles. The highest BCUT2D eigenvalue weighted by Gasteiger charge is 2.72. The van der Waals surface area contributed by atoms with Gasteiger partial charge in [0.05, 0.1) is 11.0 Å². The van der Waals surface area contributed by atoms with Gasteiger partial charge in [0.1, 0.15) is 12.4 Å².